The van der Waals surface area contributed by atoms with E-state index in [4.69, 9.17) is 26.8 Å². The monoisotopic (exact) mass is 305 g/mol. The Hall–Kier alpha value is -1.87. The summed E-state index contributed by atoms with van der Waals surface area (Å²) in [5.41, 5.74) is 8.47. The largest absolute Gasteiger partial charge is 0.489 e. The zero-order valence-corrected chi connectivity index (χ0v) is 13.5. The zero-order chi connectivity index (χ0) is 15.6. The van der Waals surface area contributed by atoms with Crippen molar-refractivity contribution in [2.45, 2.75) is 33.8 Å². The maximum Gasteiger partial charge on any atom is 0.146 e. The molecule has 3 nitrogen and oxygen atoms in total. The lowest BCUT2D eigenvalue weighted by Gasteiger charge is -2.14. The van der Waals surface area contributed by atoms with E-state index < -0.39 is 0 Å². The molecule has 0 bridgehead atoms. The average molecular weight is 306 g/mol. The van der Waals surface area contributed by atoms with E-state index in [2.05, 4.69) is 0 Å². The van der Waals surface area contributed by atoms with Gasteiger partial charge < -0.3 is 15.2 Å². The van der Waals surface area contributed by atoms with Crippen LogP contribution in [0, 0.1) is 13.8 Å². The molecule has 0 amide bonds. The Morgan fingerprint density at radius 1 is 1.00 bits per heavy atom. The average Bonchev–Trinajstić information content (AvgIpc) is 2.39. The van der Waals surface area contributed by atoms with Gasteiger partial charge >= 0.3 is 0 Å². The van der Waals surface area contributed by atoms with E-state index in [9.17, 15) is 0 Å². The summed E-state index contributed by atoms with van der Waals surface area (Å²) in [5.74, 6) is 2.06. The van der Waals surface area contributed by atoms with Crippen LogP contribution in [0.2, 0.25) is 5.02 Å². The van der Waals surface area contributed by atoms with Gasteiger partial charge in [0.25, 0.3) is 0 Å². The number of hydrogen-bond acceptors (Lipinski definition) is 3. The molecule has 0 atom stereocenters. The third kappa shape index (κ3) is 3.82. The second kappa shape index (κ2) is 6.27. The van der Waals surface area contributed by atoms with Gasteiger partial charge in [0, 0.05) is 11.1 Å². The number of anilines is 1. The summed E-state index contributed by atoms with van der Waals surface area (Å²) in [7, 11) is 0. The van der Waals surface area contributed by atoms with E-state index >= 15 is 0 Å². The Bertz CT molecular complexity index is 630. The van der Waals surface area contributed by atoms with Gasteiger partial charge in [0.2, 0.25) is 0 Å². The molecule has 0 aliphatic rings. The van der Waals surface area contributed by atoms with Crippen molar-refractivity contribution in [2.75, 3.05) is 5.73 Å². The predicted molar refractivity (Wildman–Crippen MR) is 87.6 cm³/mol. The van der Waals surface area contributed by atoms with Crippen molar-refractivity contribution in [1.29, 1.82) is 0 Å². The molecule has 0 saturated carbocycles. The van der Waals surface area contributed by atoms with Crippen LogP contribution in [-0.2, 0) is 0 Å². The van der Waals surface area contributed by atoms with Crippen LogP contribution in [0.4, 0.5) is 5.69 Å². The summed E-state index contributed by atoms with van der Waals surface area (Å²) < 4.78 is 11.5. The summed E-state index contributed by atoms with van der Waals surface area (Å²) in [5, 5.41) is 0.767. The van der Waals surface area contributed by atoms with Gasteiger partial charge in [-0.1, -0.05) is 11.6 Å². The number of ether oxygens (including phenoxy) is 2. The Morgan fingerprint density at radius 2 is 1.62 bits per heavy atom. The standard InChI is InChI=1S/C17H20ClNO2/c1-10(2)20-16-9-13(5-6-15(16)19)21-14-7-11(3)17(18)12(4)8-14/h5-10H,19H2,1-4H3. The minimum Gasteiger partial charge on any atom is -0.489 e. The second-order valence-corrected chi connectivity index (χ2v) is 5.72. The van der Waals surface area contributed by atoms with Crippen LogP contribution >= 0.6 is 11.6 Å². The maximum absolute atomic E-state index is 6.16. The van der Waals surface area contributed by atoms with Gasteiger partial charge in [-0.2, -0.15) is 0 Å². The summed E-state index contributed by atoms with van der Waals surface area (Å²) in [6.07, 6.45) is 0.0579. The van der Waals surface area contributed by atoms with E-state index in [1.165, 1.54) is 0 Å². The van der Waals surface area contributed by atoms with E-state index in [1.807, 2.05) is 45.9 Å². The minimum atomic E-state index is 0.0579. The van der Waals surface area contributed by atoms with E-state index in [-0.39, 0.29) is 6.10 Å². The van der Waals surface area contributed by atoms with E-state index in [1.54, 1.807) is 12.1 Å². The molecule has 0 saturated heterocycles. The summed E-state index contributed by atoms with van der Waals surface area (Å²) in [6, 6.07) is 9.22. The van der Waals surface area contributed by atoms with Crippen LogP contribution < -0.4 is 15.2 Å². The summed E-state index contributed by atoms with van der Waals surface area (Å²) in [6.45, 7) is 7.83. The number of benzene rings is 2. The topological polar surface area (TPSA) is 44.5 Å². The second-order valence-electron chi connectivity index (χ2n) is 5.34. The van der Waals surface area contributed by atoms with Crippen molar-refractivity contribution in [2.24, 2.45) is 0 Å². The van der Waals surface area contributed by atoms with Crippen molar-refractivity contribution in [3.8, 4) is 17.2 Å². The molecule has 2 N–H and O–H groups in total. The normalized spacial score (nSPS) is 10.8. The van der Waals surface area contributed by atoms with E-state index in [0.29, 0.717) is 17.2 Å². The molecule has 0 radical (unpaired) electrons. The molecule has 0 fully saturated rings. The number of nitrogens with two attached hydrogens (primary N) is 1. The Balaban J connectivity index is 2.27. The molecule has 2 rings (SSSR count). The molecular weight excluding hydrogens is 286 g/mol. The molecule has 0 aliphatic heterocycles. The number of hydrogen-bond donors (Lipinski definition) is 1. The smallest absolute Gasteiger partial charge is 0.146 e. The number of aryl methyl sites for hydroxylation is 2. The molecule has 4 heteroatoms. The van der Waals surface area contributed by atoms with Gasteiger partial charge in [-0.15, -0.1) is 0 Å². The zero-order valence-electron chi connectivity index (χ0n) is 12.7. The predicted octanol–water partition coefficient (Wildman–Crippen LogP) is 5.12. The third-order valence-corrected chi connectivity index (χ3v) is 3.59. The quantitative estimate of drug-likeness (QED) is 0.797. The number of nitrogen functional groups attached to an aromatic ring is 1. The van der Waals surface area contributed by atoms with Gasteiger partial charge in [-0.25, -0.2) is 0 Å². The van der Waals surface area contributed by atoms with Crippen molar-refractivity contribution in [3.05, 3.63) is 46.5 Å². The highest BCUT2D eigenvalue weighted by molar-refractivity contribution is 6.32. The van der Waals surface area contributed by atoms with Crippen molar-refractivity contribution in [3.63, 3.8) is 0 Å². The van der Waals surface area contributed by atoms with Crippen molar-refractivity contribution in [1.82, 2.24) is 0 Å². The fraction of sp³-hybridized carbons (Fsp3) is 0.294. The van der Waals surface area contributed by atoms with Crippen molar-refractivity contribution < 1.29 is 9.47 Å². The molecule has 0 heterocycles. The molecule has 0 aromatic heterocycles. The van der Waals surface area contributed by atoms with Crippen LogP contribution in [0.3, 0.4) is 0 Å². The van der Waals surface area contributed by atoms with E-state index in [0.717, 1.165) is 21.9 Å². The highest BCUT2D eigenvalue weighted by Crippen LogP contribution is 2.33. The SMILES string of the molecule is Cc1cc(Oc2ccc(N)c(OC(C)C)c2)cc(C)c1Cl. The summed E-state index contributed by atoms with van der Waals surface area (Å²) in [4.78, 5) is 0. The molecule has 112 valence electrons. The summed E-state index contributed by atoms with van der Waals surface area (Å²) >= 11 is 6.16. The first-order valence-corrected chi connectivity index (χ1v) is 7.25. The highest BCUT2D eigenvalue weighted by Gasteiger charge is 2.08. The van der Waals surface area contributed by atoms with Crippen LogP contribution in [-0.4, -0.2) is 6.10 Å². The van der Waals surface area contributed by atoms with Gasteiger partial charge in [-0.3, -0.25) is 0 Å². The molecule has 0 unspecified atom stereocenters. The van der Waals surface area contributed by atoms with Crippen LogP contribution in [0.1, 0.15) is 25.0 Å². The minimum absolute atomic E-state index is 0.0579. The lowest BCUT2D eigenvalue weighted by molar-refractivity contribution is 0.243. The highest BCUT2D eigenvalue weighted by atomic mass is 35.5. The molecule has 0 aliphatic carbocycles. The third-order valence-electron chi connectivity index (χ3n) is 2.99. The molecule has 0 spiro atoms. The molecule has 2 aromatic carbocycles. The molecule has 21 heavy (non-hydrogen) atoms. The van der Waals surface area contributed by atoms with Crippen molar-refractivity contribution >= 4 is 17.3 Å². The fourth-order valence-corrected chi connectivity index (χ4v) is 2.14. The number of halogens is 1. The van der Waals surface area contributed by atoms with Gasteiger partial charge in [0.15, 0.2) is 0 Å². The lowest BCUT2D eigenvalue weighted by Crippen LogP contribution is -2.07. The van der Waals surface area contributed by atoms with Gasteiger partial charge in [0.1, 0.15) is 17.2 Å². The Kier molecular flexibility index (Phi) is 4.63. The fourth-order valence-electron chi connectivity index (χ4n) is 2.04. The molecule has 2 aromatic rings. The Morgan fingerprint density at radius 3 is 2.19 bits per heavy atom. The lowest BCUT2D eigenvalue weighted by atomic mass is 10.1. The first-order valence-electron chi connectivity index (χ1n) is 6.87. The Labute approximate surface area is 130 Å². The van der Waals surface area contributed by atoms with Crippen LogP contribution in [0.5, 0.6) is 17.2 Å². The maximum atomic E-state index is 6.16. The first kappa shape index (κ1) is 15.5. The van der Waals surface area contributed by atoms with Crippen LogP contribution in [0.15, 0.2) is 30.3 Å². The van der Waals surface area contributed by atoms with Gasteiger partial charge in [0.05, 0.1) is 11.8 Å². The molecular formula is C17H20ClNO2. The number of rotatable bonds is 4. The first-order chi connectivity index (χ1) is 9.86. The van der Waals surface area contributed by atoms with Crippen LogP contribution in [0.25, 0.3) is 0 Å². The van der Waals surface area contributed by atoms with Gasteiger partial charge in [-0.05, 0) is 63.1 Å².